The number of carbonyl (C=O) groups is 3. The van der Waals surface area contributed by atoms with Crippen LogP contribution in [0.3, 0.4) is 0 Å². The molecule has 0 bridgehead atoms. The van der Waals surface area contributed by atoms with Crippen molar-refractivity contribution in [2.75, 3.05) is 16.8 Å². The molecule has 8 heteroatoms. The van der Waals surface area contributed by atoms with Crippen molar-refractivity contribution in [3.8, 4) is 0 Å². The smallest absolute Gasteiger partial charge is 0.263 e. The van der Waals surface area contributed by atoms with Crippen LogP contribution in [-0.4, -0.2) is 41.4 Å². The zero-order valence-electron chi connectivity index (χ0n) is 17.1. The molecule has 8 nitrogen and oxygen atoms in total. The van der Waals surface area contributed by atoms with Crippen molar-refractivity contribution in [3.63, 3.8) is 0 Å². The lowest BCUT2D eigenvalue weighted by molar-refractivity contribution is -0.123. The van der Waals surface area contributed by atoms with Crippen molar-refractivity contribution in [1.82, 2.24) is 5.01 Å². The third kappa shape index (κ3) is 3.45. The van der Waals surface area contributed by atoms with Crippen LogP contribution in [-0.2, 0) is 20.8 Å². The van der Waals surface area contributed by atoms with Gasteiger partial charge in [0.2, 0.25) is 5.91 Å². The molecule has 0 unspecified atom stereocenters. The zero-order chi connectivity index (χ0) is 21.4. The first-order valence-corrected chi connectivity index (χ1v) is 9.90. The molecule has 2 aliphatic rings. The van der Waals surface area contributed by atoms with Gasteiger partial charge in [-0.2, -0.15) is 5.11 Å². The normalized spacial score (nSPS) is 20.1. The first kappa shape index (κ1) is 19.8. The molecule has 1 saturated heterocycles. The summed E-state index contributed by atoms with van der Waals surface area (Å²) in [7, 11) is 0. The Hall–Kier alpha value is -3.55. The van der Waals surface area contributed by atoms with Crippen LogP contribution in [0.1, 0.15) is 23.6 Å². The van der Waals surface area contributed by atoms with Gasteiger partial charge in [-0.25, -0.2) is 4.90 Å². The molecule has 2 aliphatic heterocycles. The van der Waals surface area contributed by atoms with Gasteiger partial charge in [-0.05, 0) is 55.2 Å². The molecule has 0 spiro atoms. The van der Waals surface area contributed by atoms with Crippen molar-refractivity contribution >= 4 is 29.1 Å². The first-order chi connectivity index (χ1) is 14.4. The number of nitrogens with zero attached hydrogens (tertiary/aromatic N) is 4. The fourth-order valence-corrected chi connectivity index (χ4v) is 3.70. The summed E-state index contributed by atoms with van der Waals surface area (Å²) in [5.41, 5.74) is 4.29. The van der Waals surface area contributed by atoms with Gasteiger partial charge in [-0.1, -0.05) is 36.4 Å². The number of imide groups is 1. The van der Waals surface area contributed by atoms with E-state index in [4.69, 9.17) is 0 Å². The van der Waals surface area contributed by atoms with Crippen molar-refractivity contribution in [2.24, 2.45) is 10.3 Å². The summed E-state index contributed by atoms with van der Waals surface area (Å²) in [6.07, 6.45) is 0.866. The predicted octanol–water partition coefficient (Wildman–Crippen LogP) is 2.80. The second-order valence-electron chi connectivity index (χ2n) is 7.59. The van der Waals surface area contributed by atoms with Gasteiger partial charge in [0, 0.05) is 5.69 Å². The third-order valence-electron chi connectivity index (χ3n) is 5.43. The number of rotatable bonds is 5. The number of anilines is 2. The van der Waals surface area contributed by atoms with Gasteiger partial charge < -0.3 is 5.32 Å². The number of amides is 3. The summed E-state index contributed by atoms with van der Waals surface area (Å²) < 4.78 is 0. The van der Waals surface area contributed by atoms with E-state index < -0.39 is 23.9 Å². The zero-order valence-corrected chi connectivity index (χ0v) is 17.1. The number of hydrogen-bond acceptors (Lipinski definition) is 6. The minimum atomic E-state index is -0.920. The number of benzene rings is 2. The van der Waals surface area contributed by atoms with Gasteiger partial charge in [0.15, 0.2) is 12.1 Å². The summed E-state index contributed by atoms with van der Waals surface area (Å²) in [6, 6.07) is 11.3. The van der Waals surface area contributed by atoms with Crippen LogP contribution in [0.25, 0.3) is 0 Å². The summed E-state index contributed by atoms with van der Waals surface area (Å²) in [6.45, 7) is 5.72. The number of fused-ring (bicyclic) bond motifs is 1. The Balaban J connectivity index is 1.49. The van der Waals surface area contributed by atoms with Crippen LogP contribution in [0.4, 0.5) is 11.4 Å². The molecular formula is C22H23N5O3. The van der Waals surface area contributed by atoms with Gasteiger partial charge in [0.05, 0.1) is 5.69 Å². The van der Waals surface area contributed by atoms with E-state index in [1.165, 1.54) is 5.01 Å². The van der Waals surface area contributed by atoms with Crippen molar-refractivity contribution in [2.45, 2.75) is 39.3 Å². The lowest BCUT2D eigenvalue weighted by atomic mass is 10.1. The minimum absolute atomic E-state index is 0.167. The highest BCUT2D eigenvalue weighted by molar-refractivity contribution is 6.25. The summed E-state index contributed by atoms with van der Waals surface area (Å²) in [4.78, 5) is 39.5. The Labute approximate surface area is 174 Å². The van der Waals surface area contributed by atoms with E-state index in [-0.39, 0.29) is 12.5 Å². The van der Waals surface area contributed by atoms with Crippen molar-refractivity contribution < 1.29 is 14.4 Å². The second kappa shape index (κ2) is 7.70. The highest BCUT2D eigenvalue weighted by Crippen LogP contribution is 2.32. The van der Waals surface area contributed by atoms with Crippen LogP contribution in [0, 0.1) is 13.8 Å². The average molecular weight is 405 g/mol. The Bertz CT molecular complexity index is 1050. The quantitative estimate of drug-likeness (QED) is 0.774. The Kier molecular flexibility index (Phi) is 5.07. The van der Waals surface area contributed by atoms with E-state index in [9.17, 15) is 14.4 Å². The first-order valence-electron chi connectivity index (χ1n) is 9.90. The summed E-state index contributed by atoms with van der Waals surface area (Å²) >= 11 is 0. The van der Waals surface area contributed by atoms with Crippen molar-refractivity contribution in [1.29, 1.82) is 0 Å². The Morgan fingerprint density at radius 2 is 1.80 bits per heavy atom. The predicted molar refractivity (Wildman–Crippen MR) is 112 cm³/mol. The molecule has 0 aliphatic carbocycles. The number of hydrogen-bond donors (Lipinski definition) is 1. The van der Waals surface area contributed by atoms with E-state index in [0.717, 1.165) is 28.0 Å². The molecule has 1 fully saturated rings. The summed E-state index contributed by atoms with van der Waals surface area (Å²) in [5.74, 6) is -1.16. The second-order valence-corrected chi connectivity index (χ2v) is 7.59. The number of carbonyl (C=O) groups excluding carboxylic acids is 3. The van der Waals surface area contributed by atoms with Crippen molar-refractivity contribution in [3.05, 3.63) is 59.2 Å². The van der Waals surface area contributed by atoms with Crippen LogP contribution >= 0.6 is 0 Å². The molecular weight excluding hydrogens is 382 g/mol. The molecule has 2 aromatic carbocycles. The van der Waals surface area contributed by atoms with Crippen LogP contribution in [0.5, 0.6) is 0 Å². The standard InChI is InChI=1S/C22H23N5O3/c1-4-15-7-9-16(10-8-15)27-21(29)19-20(22(27)30)26(25-24-19)12-18(28)23-17-11-13(2)5-6-14(17)3/h5-11,19-20H,4,12H2,1-3H3,(H,23,28)/t19-,20-/m1/s1. The largest absolute Gasteiger partial charge is 0.324 e. The molecule has 2 atom stereocenters. The maximum Gasteiger partial charge on any atom is 0.263 e. The number of aryl methyl sites for hydroxylation is 3. The fourth-order valence-electron chi connectivity index (χ4n) is 3.70. The van der Waals surface area contributed by atoms with E-state index in [1.54, 1.807) is 12.1 Å². The molecule has 30 heavy (non-hydrogen) atoms. The number of nitrogens with one attached hydrogen (secondary N) is 1. The van der Waals surface area contributed by atoms with E-state index in [0.29, 0.717) is 11.4 Å². The third-order valence-corrected chi connectivity index (χ3v) is 5.43. The molecule has 0 radical (unpaired) electrons. The molecule has 2 aromatic rings. The minimum Gasteiger partial charge on any atom is -0.324 e. The maximum absolute atomic E-state index is 13.0. The molecule has 1 N–H and O–H groups in total. The highest BCUT2D eigenvalue weighted by Gasteiger charge is 2.55. The van der Waals surface area contributed by atoms with Gasteiger partial charge in [0.25, 0.3) is 11.8 Å². The topological polar surface area (TPSA) is 94.4 Å². The SMILES string of the molecule is CCc1ccc(N2C(=O)[C@@H]3N=NN(CC(=O)Nc4cc(C)ccc4C)[C@H]3C2=O)cc1. The maximum atomic E-state index is 13.0. The lowest BCUT2D eigenvalue weighted by Crippen LogP contribution is -2.43. The van der Waals surface area contributed by atoms with Crippen LogP contribution < -0.4 is 10.2 Å². The molecule has 154 valence electrons. The molecule has 3 amide bonds. The monoisotopic (exact) mass is 405 g/mol. The average Bonchev–Trinajstić information content (AvgIpc) is 3.24. The van der Waals surface area contributed by atoms with Crippen LogP contribution in [0.2, 0.25) is 0 Å². The molecule has 4 rings (SSSR count). The van der Waals surface area contributed by atoms with Gasteiger partial charge in [0.1, 0.15) is 6.54 Å². The van der Waals surface area contributed by atoms with Gasteiger partial charge in [-0.15, -0.1) is 0 Å². The molecule has 2 heterocycles. The molecule has 0 saturated carbocycles. The fraction of sp³-hybridized carbons (Fsp3) is 0.318. The molecule has 0 aromatic heterocycles. The van der Waals surface area contributed by atoms with Crippen LogP contribution in [0.15, 0.2) is 52.8 Å². The van der Waals surface area contributed by atoms with Gasteiger partial charge >= 0.3 is 0 Å². The highest BCUT2D eigenvalue weighted by atomic mass is 16.2. The van der Waals surface area contributed by atoms with E-state index in [1.807, 2.05) is 51.1 Å². The lowest BCUT2D eigenvalue weighted by Gasteiger charge is -2.20. The Morgan fingerprint density at radius 1 is 1.07 bits per heavy atom. The summed E-state index contributed by atoms with van der Waals surface area (Å²) in [5, 5.41) is 12.0. The Morgan fingerprint density at radius 3 is 2.50 bits per heavy atom. The van der Waals surface area contributed by atoms with E-state index in [2.05, 4.69) is 15.7 Å². The van der Waals surface area contributed by atoms with Gasteiger partial charge in [-0.3, -0.25) is 19.4 Å². The van der Waals surface area contributed by atoms with E-state index >= 15 is 0 Å².